The maximum atomic E-state index is 12.1. The molecule has 0 radical (unpaired) electrons. The first kappa shape index (κ1) is 20.3. The molecule has 0 bridgehead atoms. The third-order valence-corrected chi connectivity index (χ3v) is 4.15. The lowest BCUT2D eigenvalue weighted by molar-refractivity contribution is -0.116. The summed E-state index contributed by atoms with van der Waals surface area (Å²) in [6.07, 6.45) is 4.12. The molecule has 0 spiro atoms. The Morgan fingerprint density at radius 1 is 1.11 bits per heavy atom. The minimum atomic E-state index is -3.35. The van der Waals surface area contributed by atoms with Crippen molar-refractivity contribution in [3.05, 3.63) is 59.7 Å². The Labute approximate surface area is 159 Å². The highest BCUT2D eigenvalue weighted by Gasteiger charge is 2.07. The number of hydrogen-bond donors (Lipinski definition) is 2. The summed E-state index contributed by atoms with van der Waals surface area (Å²) in [5, 5.41) is 2.75. The number of amides is 1. The predicted molar refractivity (Wildman–Crippen MR) is 105 cm³/mol. The summed E-state index contributed by atoms with van der Waals surface area (Å²) in [5.74, 6) is 0.834. The van der Waals surface area contributed by atoms with Gasteiger partial charge in [-0.3, -0.25) is 9.52 Å². The Morgan fingerprint density at radius 2 is 1.85 bits per heavy atom. The molecular formula is C19H22N2O5S. The van der Waals surface area contributed by atoms with E-state index in [1.54, 1.807) is 49.6 Å². The molecule has 2 aromatic carbocycles. The van der Waals surface area contributed by atoms with E-state index < -0.39 is 10.0 Å². The molecule has 2 aromatic rings. The topological polar surface area (TPSA) is 93.7 Å². The molecule has 0 aliphatic heterocycles. The molecule has 0 aromatic heterocycles. The fraction of sp³-hybridized carbons (Fsp3) is 0.211. The first-order chi connectivity index (χ1) is 12.8. The van der Waals surface area contributed by atoms with Crippen LogP contribution in [0.15, 0.2) is 48.5 Å². The minimum Gasteiger partial charge on any atom is -0.493 e. The third-order valence-electron chi connectivity index (χ3n) is 3.54. The van der Waals surface area contributed by atoms with Gasteiger partial charge in [0.05, 0.1) is 20.5 Å². The Bertz CT molecular complexity index is 939. The molecular weight excluding hydrogens is 368 g/mol. The van der Waals surface area contributed by atoms with Gasteiger partial charge in [0.1, 0.15) is 0 Å². The monoisotopic (exact) mass is 390 g/mol. The van der Waals surface area contributed by atoms with Crippen molar-refractivity contribution >= 4 is 27.7 Å². The zero-order chi connectivity index (χ0) is 19.9. The van der Waals surface area contributed by atoms with Gasteiger partial charge in [-0.05, 0) is 29.8 Å². The molecule has 0 heterocycles. The maximum absolute atomic E-state index is 12.1. The number of anilines is 1. The molecule has 0 atom stereocenters. The standard InChI is InChI=1S/C19H22N2O5S/c1-25-17-9-5-7-15(19(17)26-2)10-11-18(22)20-13-14-6-4-8-16(12-14)21-27(3,23)24/h4-12,21H,13H2,1-3H3,(H,20,22)/b11-10+. The molecule has 1 amide bonds. The van der Waals surface area contributed by atoms with Crippen molar-refractivity contribution in [3.63, 3.8) is 0 Å². The summed E-state index contributed by atoms with van der Waals surface area (Å²) in [6.45, 7) is 0.262. The minimum absolute atomic E-state index is 0.262. The molecule has 2 N–H and O–H groups in total. The highest BCUT2D eigenvalue weighted by atomic mass is 32.2. The van der Waals surface area contributed by atoms with E-state index in [2.05, 4.69) is 10.0 Å². The van der Waals surface area contributed by atoms with Gasteiger partial charge in [-0.2, -0.15) is 0 Å². The van der Waals surface area contributed by atoms with Crippen LogP contribution in [0, 0.1) is 0 Å². The lowest BCUT2D eigenvalue weighted by atomic mass is 10.1. The van der Waals surface area contributed by atoms with Gasteiger partial charge in [0.25, 0.3) is 0 Å². The SMILES string of the molecule is COc1cccc(/C=C/C(=O)NCc2cccc(NS(C)(=O)=O)c2)c1OC. The van der Waals surface area contributed by atoms with Crippen LogP contribution < -0.4 is 19.5 Å². The highest BCUT2D eigenvalue weighted by Crippen LogP contribution is 2.31. The average Bonchev–Trinajstić information content (AvgIpc) is 2.63. The van der Waals surface area contributed by atoms with E-state index in [4.69, 9.17) is 9.47 Å². The van der Waals surface area contributed by atoms with Crippen LogP contribution in [0.2, 0.25) is 0 Å². The molecule has 144 valence electrons. The lowest BCUT2D eigenvalue weighted by Crippen LogP contribution is -2.20. The Balaban J connectivity index is 2.01. The third kappa shape index (κ3) is 6.34. The Kier molecular flexibility index (Phi) is 6.84. The summed E-state index contributed by atoms with van der Waals surface area (Å²) in [4.78, 5) is 12.1. The quantitative estimate of drug-likeness (QED) is 0.675. The van der Waals surface area contributed by atoms with E-state index in [9.17, 15) is 13.2 Å². The van der Waals surface area contributed by atoms with Crippen molar-refractivity contribution in [2.45, 2.75) is 6.54 Å². The van der Waals surface area contributed by atoms with Crippen LogP contribution in [0.1, 0.15) is 11.1 Å². The molecule has 0 saturated heterocycles. The molecule has 7 nitrogen and oxygen atoms in total. The molecule has 0 aliphatic carbocycles. The molecule has 0 aliphatic rings. The normalized spacial score (nSPS) is 11.2. The van der Waals surface area contributed by atoms with Gasteiger partial charge in [0.2, 0.25) is 15.9 Å². The molecule has 8 heteroatoms. The fourth-order valence-corrected chi connectivity index (χ4v) is 2.97. The molecule has 0 saturated carbocycles. The van der Waals surface area contributed by atoms with Crippen molar-refractivity contribution in [1.82, 2.24) is 5.32 Å². The first-order valence-electron chi connectivity index (χ1n) is 8.06. The number of methoxy groups -OCH3 is 2. The highest BCUT2D eigenvalue weighted by molar-refractivity contribution is 7.92. The van der Waals surface area contributed by atoms with Gasteiger partial charge in [0.15, 0.2) is 11.5 Å². The number of ether oxygens (including phenoxy) is 2. The number of carbonyl (C=O) groups excluding carboxylic acids is 1. The second kappa shape index (κ2) is 9.09. The van der Waals surface area contributed by atoms with E-state index in [1.165, 1.54) is 13.2 Å². The Hall–Kier alpha value is -3.00. The van der Waals surface area contributed by atoms with Crippen LogP contribution in [-0.2, 0) is 21.4 Å². The van der Waals surface area contributed by atoms with Crippen LogP contribution in [0.25, 0.3) is 6.08 Å². The van der Waals surface area contributed by atoms with Crippen LogP contribution in [-0.4, -0.2) is 34.8 Å². The summed E-state index contributed by atoms with van der Waals surface area (Å²) >= 11 is 0. The van der Waals surface area contributed by atoms with Crippen molar-refractivity contribution in [3.8, 4) is 11.5 Å². The molecule has 0 fully saturated rings. The van der Waals surface area contributed by atoms with Crippen molar-refractivity contribution < 1.29 is 22.7 Å². The summed E-state index contributed by atoms with van der Waals surface area (Å²) in [7, 11) is -0.267. The van der Waals surface area contributed by atoms with Gasteiger partial charge in [-0.1, -0.05) is 24.3 Å². The van der Waals surface area contributed by atoms with Crippen molar-refractivity contribution in [1.29, 1.82) is 0 Å². The fourth-order valence-electron chi connectivity index (χ4n) is 2.42. The van der Waals surface area contributed by atoms with Crippen LogP contribution >= 0.6 is 0 Å². The van der Waals surface area contributed by atoms with E-state index in [-0.39, 0.29) is 12.5 Å². The average molecular weight is 390 g/mol. The van der Waals surface area contributed by atoms with E-state index in [0.717, 1.165) is 11.8 Å². The number of sulfonamides is 1. The largest absolute Gasteiger partial charge is 0.493 e. The van der Waals surface area contributed by atoms with Crippen LogP contribution in [0.5, 0.6) is 11.5 Å². The number of rotatable bonds is 8. The van der Waals surface area contributed by atoms with Crippen LogP contribution in [0.4, 0.5) is 5.69 Å². The van der Waals surface area contributed by atoms with Gasteiger partial charge in [-0.15, -0.1) is 0 Å². The molecule has 27 heavy (non-hydrogen) atoms. The van der Waals surface area contributed by atoms with Gasteiger partial charge in [-0.25, -0.2) is 8.42 Å². The van der Waals surface area contributed by atoms with E-state index >= 15 is 0 Å². The maximum Gasteiger partial charge on any atom is 0.244 e. The number of nitrogens with one attached hydrogen (secondary N) is 2. The first-order valence-corrected chi connectivity index (χ1v) is 9.95. The summed E-state index contributed by atoms with van der Waals surface area (Å²) < 4.78 is 35.5. The lowest BCUT2D eigenvalue weighted by Gasteiger charge is -2.10. The number of benzene rings is 2. The van der Waals surface area contributed by atoms with Crippen molar-refractivity contribution in [2.75, 3.05) is 25.2 Å². The number of carbonyl (C=O) groups is 1. The van der Waals surface area contributed by atoms with E-state index in [1.807, 2.05) is 6.07 Å². The zero-order valence-electron chi connectivity index (χ0n) is 15.4. The number of hydrogen-bond acceptors (Lipinski definition) is 5. The van der Waals surface area contributed by atoms with Gasteiger partial charge >= 0.3 is 0 Å². The summed E-state index contributed by atoms with van der Waals surface area (Å²) in [6, 6.07) is 12.2. The van der Waals surface area contributed by atoms with Gasteiger partial charge in [0, 0.05) is 23.9 Å². The van der Waals surface area contributed by atoms with Gasteiger partial charge < -0.3 is 14.8 Å². The van der Waals surface area contributed by atoms with E-state index in [0.29, 0.717) is 22.7 Å². The smallest absolute Gasteiger partial charge is 0.244 e. The Morgan fingerprint density at radius 3 is 2.52 bits per heavy atom. The van der Waals surface area contributed by atoms with Crippen molar-refractivity contribution in [2.24, 2.45) is 0 Å². The molecule has 0 unspecified atom stereocenters. The second-order valence-corrected chi connectivity index (χ2v) is 7.46. The second-order valence-electron chi connectivity index (χ2n) is 5.71. The van der Waals surface area contributed by atoms with Crippen LogP contribution in [0.3, 0.4) is 0 Å². The zero-order valence-corrected chi connectivity index (χ0v) is 16.2. The summed E-state index contributed by atoms with van der Waals surface area (Å²) in [5.41, 5.74) is 1.93. The predicted octanol–water partition coefficient (Wildman–Crippen LogP) is 2.40. The molecule has 2 rings (SSSR count). The number of para-hydroxylation sites is 1.